The number of rotatable bonds is 5. The lowest BCUT2D eigenvalue weighted by Crippen LogP contribution is -2.29. The smallest absolute Gasteiger partial charge is 0.329 e. The summed E-state index contributed by atoms with van der Waals surface area (Å²) in [6, 6.07) is 0. The second kappa shape index (κ2) is 6.26. The number of ether oxygens (including phenoxy) is 1. The van der Waals surface area contributed by atoms with Crippen LogP contribution in [0.15, 0.2) is 14.3 Å². The first-order valence-corrected chi connectivity index (χ1v) is 7.16. The van der Waals surface area contributed by atoms with Gasteiger partial charge in [0.25, 0.3) is 5.56 Å². The van der Waals surface area contributed by atoms with Gasteiger partial charge in [-0.3, -0.25) is 23.9 Å². The molecule has 0 aliphatic heterocycles. The van der Waals surface area contributed by atoms with Crippen LogP contribution < -0.4 is 11.2 Å². The highest BCUT2D eigenvalue weighted by molar-refractivity contribution is 9.10. The van der Waals surface area contributed by atoms with Crippen molar-refractivity contribution in [2.45, 2.75) is 19.9 Å². The van der Waals surface area contributed by atoms with Crippen molar-refractivity contribution in [2.75, 3.05) is 6.61 Å². The summed E-state index contributed by atoms with van der Waals surface area (Å²) >= 11 is 3.14. The molecule has 0 unspecified atom stereocenters. The fourth-order valence-corrected chi connectivity index (χ4v) is 2.43. The standard InChI is InChI=1S/C12H13BrN4O5/c1-3-22-7(19)4-6(18)5-17-8-9(14-11(17)13)16(2)12(21)15-10(8)20/h3-5H2,1-2H3,(H,15,20,21). The molecule has 0 aliphatic rings. The van der Waals surface area contributed by atoms with E-state index in [9.17, 15) is 19.2 Å². The molecule has 0 aliphatic carbocycles. The van der Waals surface area contributed by atoms with Crippen molar-refractivity contribution in [1.82, 2.24) is 19.1 Å². The lowest BCUT2D eigenvalue weighted by atomic mass is 10.3. The highest BCUT2D eigenvalue weighted by Gasteiger charge is 2.19. The van der Waals surface area contributed by atoms with Gasteiger partial charge in [-0.2, -0.15) is 0 Å². The molecule has 0 saturated heterocycles. The molecule has 2 aromatic rings. The average Bonchev–Trinajstić information content (AvgIpc) is 2.74. The number of carbonyl (C=O) groups excluding carboxylic acids is 2. The quantitative estimate of drug-likeness (QED) is 0.437. The molecular formula is C12H13BrN4O5. The fourth-order valence-electron chi connectivity index (χ4n) is 1.96. The number of aryl methyl sites for hydroxylation is 1. The Bertz CT molecular complexity index is 863. The number of halogens is 1. The van der Waals surface area contributed by atoms with Crippen LogP contribution >= 0.6 is 15.9 Å². The molecule has 0 fully saturated rings. The van der Waals surface area contributed by atoms with Gasteiger partial charge in [-0.25, -0.2) is 9.78 Å². The van der Waals surface area contributed by atoms with Gasteiger partial charge in [-0.05, 0) is 22.9 Å². The van der Waals surface area contributed by atoms with Crippen LogP contribution in [0.5, 0.6) is 0 Å². The summed E-state index contributed by atoms with van der Waals surface area (Å²) in [5.41, 5.74) is -1.04. The predicted molar refractivity (Wildman–Crippen MR) is 79.6 cm³/mol. The number of nitrogens with zero attached hydrogens (tertiary/aromatic N) is 3. The Hall–Kier alpha value is -2.23. The number of hydrogen-bond donors (Lipinski definition) is 1. The lowest BCUT2D eigenvalue weighted by molar-refractivity contribution is -0.145. The van der Waals surface area contributed by atoms with Gasteiger partial charge in [-0.1, -0.05) is 0 Å². The Morgan fingerprint density at radius 2 is 2.05 bits per heavy atom. The van der Waals surface area contributed by atoms with Crippen molar-refractivity contribution in [3.8, 4) is 0 Å². The molecule has 0 radical (unpaired) electrons. The third-order valence-electron chi connectivity index (χ3n) is 2.94. The van der Waals surface area contributed by atoms with E-state index in [0.29, 0.717) is 0 Å². The molecule has 0 amide bonds. The van der Waals surface area contributed by atoms with Gasteiger partial charge in [0.1, 0.15) is 6.42 Å². The lowest BCUT2D eigenvalue weighted by Gasteiger charge is -2.05. The maximum Gasteiger partial charge on any atom is 0.329 e. The Labute approximate surface area is 132 Å². The zero-order valence-corrected chi connectivity index (χ0v) is 13.5. The zero-order valence-electron chi connectivity index (χ0n) is 11.9. The summed E-state index contributed by atoms with van der Waals surface area (Å²) < 4.78 is 7.37. The van der Waals surface area contributed by atoms with E-state index in [-0.39, 0.29) is 29.0 Å². The number of imidazole rings is 1. The van der Waals surface area contributed by atoms with Gasteiger partial charge in [0.05, 0.1) is 13.2 Å². The summed E-state index contributed by atoms with van der Waals surface area (Å²) in [5.74, 6) is -1.07. The maximum absolute atomic E-state index is 11.9. The third-order valence-corrected chi connectivity index (χ3v) is 3.55. The minimum absolute atomic E-state index is 0.0752. The van der Waals surface area contributed by atoms with Crippen LogP contribution in [0.4, 0.5) is 0 Å². The highest BCUT2D eigenvalue weighted by Crippen LogP contribution is 2.16. The molecule has 0 bridgehead atoms. The molecule has 2 heterocycles. The van der Waals surface area contributed by atoms with Gasteiger partial charge in [0.2, 0.25) is 0 Å². The van der Waals surface area contributed by atoms with Crippen molar-refractivity contribution >= 4 is 38.8 Å². The Balaban J connectivity index is 2.40. The van der Waals surface area contributed by atoms with Gasteiger partial charge >= 0.3 is 11.7 Å². The topological polar surface area (TPSA) is 116 Å². The number of fused-ring (bicyclic) bond motifs is 1. The molecule has 0 saturated carbocycles. The number of aromatic amines is 1. The molecule has 0 spiro atoms. The largest absolute Gasteiger partial charge is 0.466 e. The van der Waals surface area contributed by atoms with E-state index in [1.807, 2.05) is 0 Å². The van der Waals surface area contributed by atoms with E-state index in [4.69, 9.17) is 4.74 Å². The molecule has 9 nitrogen and oxygen atoms in total. The first-order valence-electron chi connectivity index (χ1n) is 6.37. The van der Waals surface area contributed by atoms with Crippen LogP contribution in [0.1, 0.15) is 13.3 Å². The molecule has 0 atom stereocenters. The molecule has 10 heteroatoms. The first-order chi connectivity index (χ1) is 10.3. The Morgan fingerprint density at radius 3 is 2.68 bits per heavy atom. The second-order valence-corrected chi connectivity index (χ2v) is 5.19. The van der Waals surface area contributed by atoms with Crippen molar-refractivity contribution in [2.24, 2.45) is 7.05 Å². The monoisotopic (exact) mass is 372 g/mol. The van der Waals surface area contributed by atoms with Crippen LogP contribution in [0.2, 0.25) is 0 Å². The normalized spacial score (nSPS) is 10.9. The van der Waals surface area contributed by atoms with E-state index >= 15 is 0 Å². The summed E-state index contributed by atoms with van der Waals surface area (Å²) in [5, 5.41) is 0. The van der Waals surface area contributed by atoms with E-state index in [2.05, 4.69) is 25.9 Å². The molecule has 1 N–H and O–H groups in total. The molecule has 0 aromatic carbocycles. The Morgan fingerprint density at radius 1 is 1.36 bits per heavy atom. The van der Waals surface area contributed by atoms with E-state index in [0.717, 1.165) is 4.57 Å². The van der Waals surface area contributed by atoms with Crippen LogP contribution in [-0.2, 0) is 27.9 Å². The highest BCUT2D eigenvalue weighted by atomic mass is 79.9. The Kier molecular flexibility index (Phi) is 4.59. The van der Waals surface area contributed by atoms with Gasteiger partial charge < -0.3 is 9.30 Å². The number of aromatic nitrogens is 4. The number of carbonyl (C=O) groups is 2. The number of hydrogen-bond acceptors (Lipinski definition) is 6. The van der Waals surface area contributed by atoms with Crippen LogP contribution in [0.25, 0.3) is 11.2 Å². The summed E-state index contributed by atoms with van der Waals surface area (Å²) in [6.07, 6.45) is -0.399. The van der Waals surface area contributed by atoms with Crippen molar-refractivity contribution in [3.05, 3.63) is 25.6 Å². The van der Waals surface area contributed by atoms with Gasteiger partial charge in [-0.15, -0.1) is 0 Å². The van der Waals surface area contributed by atoms with Crippen LogP contribution in [-0.4, -0.2) is 37.5 Å². The van der Waals surface area contributed by atoms with Gasteiger partial charge in [0.15, 0.2) is 21.7 Å². The van der Waals surface area contributed by atoms with Crippen molar-refractivity contribution in [3.63, 3.8) is 0 Å². The van der Waals surface area contributed by atoms with E-state index in [1.54, 1.807) is 6.92 Å². The van der Waals surface area contributed by atoms with Crippen LogP contribution in [0, 0.1) is 0 Å². The number of nitrogens with one attached hydrogen (secondary N) is 1. The number of ketones is 1. The predicted octanol–water partition coefficient (Wildman–Crippen LogP) is -0.292. The number of H-pyrrole nitrogens is 1. The summed E-state index contributed by atoms with van der Waals surface area (Å²) in [4.78, 5) is 52.9. The van der Waals surface area contributed by atoms with E-state index in [1.165, 1.54) is 11.6 Å². The minimum atomic E-state index is -0.653. The minimum Gasteiger partial charge on any atom is -0.466 e. The molecular weight excluding hydrogens is 360 g/mol. The first kappa shape index (κ1) is 16.1. The molecule has 118 valence electrons. The van der Waals surface area contributed by atoms with Gasteiger partial charge in [0, 0.05) is 7.05 Å². The second-order valence-electron chi connectivity index (χ2n) is 4.48. The molecule has 2 aromatic heterocycles. The molecule has 22 heavy (non-hydrogen) atoms. The fraction of sp³-hybridized carbons (Fsp3) is 0.417. The SMILES string of the molecule is CCOC(=O)CC(=O)Cn1c(Br)nc2c1c(=O)[nH]c(=O)n2C. The summed E-state index contributed by atoms with van der Waals surface area (Å²) in [7, 11) is 1.45. The van der Waals surface area contributed by atoms with Crippen molar-refractivity contribution in [1.29, 1.82) is 0 Å². The van der Waals surface area contributed by atoms with Crippen molar-refractivity contribution < 1.29 is 14.3 Å². The number of Topliss-reactive ketones (excluding diaryl/α,β-unsaturated/α-hetero) is 1. The zero-order chi connectivity index (χ0) is 16.4. The van der Waals surface area contributed by atoms with Crippen LogP contribution in [0.3, 0.4) is 0 Å². The average molecular weight is 373 g/mol. The van der Waals surface area contributed by atoms with E-state index < -0.39 is 29.4 Å². The number of esters is 1. The summed E-state index contributed by atoms with van der Waals surface area (Å²) in [6.45, 7) is 1.59. The molecule has 2 rings (SSSR count). The maximum atomic E-state index is 11.9. The third kappa shape index (κ3) is 3.01.